The van der Waals surface area contributed by atoms with E-state index in [1.807, 2.05) is 6.92 Å². The molecular weight excluding hydrogens is 438 g/mol. The molecule has 11 heteroatoms. The van der Waals surface area contributed by atoms with Gasteiger partial charge >= 0.3 is 17.7 Å². The molecule has 2 aromatic rings. The van der Waals surface area contributed by atoms with E-state index in [1.165, 1.54) is 24.3 Å². The normalized spacial score (nSPS) is 14.5. The van der Waals surface area contributed by atoms with E-state index in [0.717, 1.165) is 0 Å². The molecule has 0 amide bonds. The lowest BCUT2D eigenvalue weighted by Crippen LogP contribution is -2.54. The Bertz CT molecular complexity index is 1020. The first-order chi connectivity index (χ1) is 15.7. The number of hydrogen-bond acceptors (Lipinski definition) is 9. The molecule has 33 heavy (non-hydrogen) atoms. The second-order valence-corrected chi connectivity index (χ2v) is 7.39. The van der Waals surface area contributed by atoms with Crippen molar-refractivity contribution in [3.8, 4) is 23.0 Å². The number of aliphatic carboxylic acids is 2. The zero-order valence-corrected chi connectivity index (χ0v) is 17.8. The van der Waals surface area contributed by atoms with E-state index >= 15 is 0 Å². The van der Waals surface area contributed by atoms with Crippen LogP contribution in [0.25, 0.3) is 0 Å². The predicted octanol–water partition coefficient (Wildman–Crippen LogP) is 1.33. The van der Waals surface area contributed by atoms with Crippen LogP contribution in [0.2, 0.25) is 0 Å². The summed E-state index contributed by atoms with van der Waals surface area (Å²) in [5.41, 5.74) is 1.35. The van der Waals surface area contributed by atoms with Crippen LogP contribution in [0.4, 0.5) is 5.69 Å². The quantitative estimate of drug-likeness (QED) is 0.265. The first kappa shape index (κ1) is 24.0. The molecular formula is C22H25NO10. The van der Waals surface area contributed by atoms with Crippen molar-refractivity contribution in [3.63, 3.8) is 0 Å². The fourth-order valence-corrected chi connectivity index (χ4v) is 3.31. The van der Waals surface area contributed by atoms with Gasteiger partial charge in [0.15, 0.2) is 11.5 Å². The third-order valence-electron chi connectivity index (χ3n) is 4.98. The van der Waals surface area contributed by atoms with Gasteiger partial charge in [-0.2, -0.15) is 0 Å². The molecule has 178 valence electrons. The van der Waals surface area contributed by atoms with Crippen molar-refractivity contribution in [1.82, 2.24) is 0 Å². The molecule has 1 unspecified atom stereocenters. The van der Waals surface area contributed by atoms with Crippen LogP contribution >= 0.6 is 0 Å². The predicted molar refractivity (Wildman–Crippen MR) is 114 cm³/mol. The number of carbonyl (C=O) groups is 2. The number of rotatable bonds is 11. The number of anilines is 1. The maximum absolute atomic E-state index is 11.5. The number of aliphatic hydroxyl groups excluding tert-OH is 2. The molecule has 0 saturated carbocycles. The van der Waals surface area contributed by atoms with Crippen molar-refractivity contribution in [3.05, 3.63) is 41.5 Å². The van der Waals surface area contributed by atoms with Crippen molar-refractivity contribution in [2.45, 2.75) is 38.3 Å². The summed E-state index contributed by atoms with van der Waals surface area (Å²) < 4.78 is 15.9. The molecule has 0 saturated heterocycles. The second-order valence-electron chi connectivity index (χ2n) is 7.39. The number of carboxylic acid groups (broad SMARTS) is 2. The molecule has 0 aromatic heterocycles. The lowest BCUT2D eigenvalue weighted by atomic mass is 10.1. The topological polar surface area (TPSA) is 175 Å². The Kier molecular flexibility index (Phi) is 7.14. The maximum atomic E-state index is 11.5. The standard InChI is InChI=1S/C22H25NO10/c1-2-3-15-16(5-7-18-19(15)33-22(32-18,20(27)28)21(29)30)23-9-13(25)11-31-14-4-6-17(26)12(8-14)10-24/h4-8,13,23-26H,2-3,9-11H2,1H3,(H,27,28)(H,29,30). The highest BCUT2D eigenvalue weighted by Gasteiger charge is 2.58. The van der Waals surface area contributed by atoms with Crippen molar-refractivity contribution < 1.29 is 49.3 Å². The number of phenols is 1. The van der Waals surface area contributed by atoms with Crippen LogP contribution in [-0.4, -0.2) is 62.5 Å². The molecule has 6 N–H and O–H groups in total. The fourth-order valence-electron chi connectivity index (χ4n) is 3.31. The van der Waals surface area contributed by atoms with E-state index in [2.05, 4.69) is 5.32 Å². The number of aromatic hydroxyl groups is 1. The van der Waals surface area contributed by atoms with Gasteiger partial charge < -0.3 is 45.1 Å². The minimum Gasteiger partial charge on any atom is -0.508 e. The smallest absolute Gasteiger partial charge is 0.453 e. The van der Waals surface area contributed by atoms with Gasteiger partial charge in [-0.25, -0.2) is 9.59 Å². The Morgan fingerprint density at radius 1 is 1.15 bits per heavy atom. The van der Waals surface area contributed by atoms with E-state index < -0.39 is 23.8 Å². The van der Waals surface area contributed by atoms with E-state index in [4.69, 9.17) is 14.2 Å². The van der Waals surface area contributed by atoms with E-state index in [-0.39, 0.29) is 37.0 Å². The first-order valence-corrected chi connectivity index (χ1v) is 10.2. The van der Waals surface area contributed by atoms with Gasteiger partial charge in [0, 0.05) is 23.4 Å². The lowest BCUT2D eigenvalue weighted by molar-refractivity contribution is -0.194. The summed E-state index contributed by atoms with van der Waals surface area (Å²) in [7, 11) is 0. The summed E-state index contributed by atoms with van der Waals surface area (Å²) in [6.45, 7) is 1.51. The highest BCUT2D eigenvalue weighted by molar-refractivity contribution is 6.01. The minimum absolute atomic E-state index is 0.00435. The van der Waals surface area contributed by atoms with Gasteiger partial charge in [0.05, 0.1) is 6.61 Å². The van der Waals surface area contributed by atoms with Gasteiger partial charge in [0.25, 0.3) is 0 Å². The maximum Gasteiger partial charge on any atom is 0.453 e. The number of hydrogen-bond donors (Lipinski definition) is 6. The Morgan fingerprint density at radius 2 is 1.88 bits per heavy atom. The van der Waals surface area contributed by atoms with Gasteiger partial charge in [-0.15, -0.1) is 0 Å². The first-order valence-electron chi connectivity index (χ1n) is 10.2. The summed E-state index contributed by atoms with van der Waals surface area (Å²) in [5, 5.41) is 50.8. The number of ether oxygens (including phenoxy) is 3. The summed E-state index contributed by atoms with van der Waals surface area (Å²) in [5.74, 6) is -6.09. The number of aliphatic hydroxyl groups is 2. The highest BCUT2D eigenvalue weighted by Crippen LogP contribution is 2.45. The third-order valence-corrected chi connectivity index (χ3v) is 4.98. The summed E-state index contributed by atoms with van der Waals surface area (Å²) in [4.78, 5) is 23.1. The van der Waals surface area contributed by atoms with Gasteiger partial charge in [-0.1, -0.05) is 13.3 Å². The molecule has 0 spiro atoms. The van der Waals surface area contributed by atoms with Crippen molar-refractivity contribution in [2.75, 3.05) is 18.5 Å². The van der Waals surface area contributed by atoms with E-state index in [0.29, 0.717) is 35.4 Å². The summed E-state index contributed by atoms with van der Waals surface area (Å²) in [6.07, 6.45) is 0.142. The van der Waals surface area contributed by atoms with Crippen LogP contribution < -0.4 is 19.5 Å². The van der Waals surface area contributed by atoms with E-state index in [9.17, 15) is 35.1 Å². The minimum atomic E-state index is -2.85. The molecule has 0 radical (unpaired) electrons. The van der Waals surface area contributed by atoms with Crippen LogP contribution in [0.5, 0.6) is 23.0 Å². The largest absolute Gasteiger partial charge is 0.508 e. The third kappa shape index (κ3) is 4.89. The van der Waals surface area contributed by atoms with Crippen LogP contribution in [0.3, 0.4) is 0 Å². The van der Waals surface area contributed by atoms with Gasteiger partial charge in [-0.05, 0) is 36.8 Å². The molecule has 0 aliphatic carbocycles. The van der Waals surface area contributed by atoms with Gasteiger partial charge in [0.1, 0.15) is 24.2 Å². The van der Waals surface area contributed by atoms with E-state index in [1.54, 1.807) is 6.07 Å². The molecule has 1 aliphatic rings. The van der Waals surface area contributed by atoms with Gasteiger partial charge in [0.2, 0.25) is 0 Å². The Hall–Kier alpha value is -3.70. The van der Waals surface area contributed by atoms with Crippen LogP contribution in [0.15, 0.2) is 30.3 Å². The zero-order chi connectivity index (χ0) is 24.2. The Morgan fingerprint density at radius 3 is 2.52 bits per heavy atom. The van der Waals surface area contributed by atoms with Gasteiger partial charge in [-0.3, -0.25) is 0 Å². The number of benzene rings is 2. The average molecular weight is 463 g/mol. The zero-order valence-electron chi connectivity index (χ0n) is 17.8. The van der Waals surface area contributed by atoms with Crippen molar-refractivity contribution in [1.29, 1.82) is 0 Å². The lowest BCUT2D eigenvalue weighted by Gasteiger charge is -2.18. The summed E-state index contributed by atoms with van der Waals surface area (Å²) >= 11 is 0. The number of nitrogens with one attached hydrogen (secondary N) is 1. The molecule has 1 atom stereocenters. The molecule has 1 heterocycles. The van der Waals surface area contributed by atoms with Crippen LogP contribution in [-0.2, 0) is 22.6 Å². The molecule has 0 fully saturated rings. The average Bonchev–Trinajstić information content (AvgIpc) is 3.20. The van der Waals surface area contributed by atoms with Crippen LogP contribution in [0, 0.1) is 0 Å². The molecule has 11 nitrogen and oxygen atoms in total. The molecule has 0 bridgehead atoms. The van der Waals surface area contributed by atoms with Crippen molar-refractivity contribution >= 4 is 17.6 Å². The second kappa shape index (κ2) is 9.84. The fraction of sp³-hybridized carbons (Fsp3) is 0.364. The Balaban J connectivity index is 1.69. The molecule has 2 aromatic carbocycles. The van der Waals surface area contributed by atoms with Crippen LogP contribution in [0.1, 0.15) is 24.5 Å². The Labute approximate surface area is 188 Å². The molecule has 3 rings (SSSR count). The number of fused-ring (bicyclic) bond motifs is 1. The highest BCUT2D eigenvalue weighted by atomic mass is 16.8. The SMILES string of the molecule is CCCc1c(NCC(O)COc2ccc(O)c(CO)c2)ccc2c1OC(C(=O)O)(C(=O)O)O2. The summed E-state index contributed by atoms with van der Waals surface area (Å²) in [6, 6.07) is 7.34. The number of carboxylic acids is 2. The molecule has 1 aliphatic heterocycles. The van der Waals surface area contributed by atoms with Crippen molar-refractivity contribution in [2.24, 2.45) is 0 Å². The monoisotopic (exact) mass is 463 g/mol.